The lowest BCUT2D eigenvalue weighted by Crippen LogP contribution is -2.42. The van der Waals surface area contributed by atoms with Gasteiger partial charge in [0.1, 0.15) is 17.7 Å². The Hall–Kier alpha value is -2.43. The van der Waals surface area contributed by atoms with Crippen LogP contribution in [0.5, 0.6) is 5.75 Å². The second kappa shape index (κ2) is 7.22. The number of likely N-dealkylation sites (tertiary alicyclic amines) is 1. The Morgan fingerprint density at radius 1 is 1.22 bits per heavy atom. The van der Waals surface area contributed by atoms with Gasteiger partial charge in [-0.15, -0.1) is 0 Å². The Balaban J connectivity index is 1.48. The first kappa shape index (κ1) is 15.5. The molecule has 0 unspecified atom stereocenters. The number of halogens is 1. The predicted octanol–water partition coefficient (Wildman–Crippen LogP) is 2.83. The van der Waals surface area contributed by atoms with E-state index in [2.05, 4.69) is 4.98 Å². The summed E-state index contributed by atoms with van der Waals surface area (Å²) in [6.45, 7) is 1.37. The van der Waals surface area contributed by atoms with Crippen LogP contribution < -0.4 is 4.74 Å². The van der Waals surface area contributed by atoms with Crippen LogP contribution in [0, 0.1) is 5.82 Å². The summed E-state index contributed by atoms with van der Waals surface area (Å²) in [5, 5.41) is 0. The summed E-state index contributed by atoms with van der Waals surface area (Å²) in [4.78, 5) is 18.2. The fourth-order valence-corrected chi connectivity index (χ4v) is 2.72. The van der Waals surface area contributed by atoms with Crippen molar-refractivity contribution in [2.45, 2.75) is 25.4 Å². The summed E-state index contributed by atoms with van der Waals surface area (Å²) in [6.07, 6.45) is 5.46. The van der Waals surface area contributed by atoms with Gasteiger partial charge in [0.25, 0.3) is 0 Å². The topological polar surface area (TPSA) is 42.4 Å². The van der Waals surface area contributed by atoms with E-state index in [-0.39, 0.29) is 17.8 Å². The van der Waals surface area contributed by atoms with Crippen LogP contribution in [0.4, 0.5) is 4.39 Å². The van der Waals surface area contributed by atoms with Crippen molar-refractivity contribution in [3.8, 4) is 5.75 Å². The van der Waals surface area contributed by atoms with Crippen LogP contribution in [0.15, 0.2) is 48.8 Å². The number of piperidine rings is 1. The number of carbonyl (C=O) groups is 1. The number of rotatable bonds is 4. The molecule has 0 bridgehead atoms. The maximum absolute atomic E-state index is 12.9. The molecule has 0 radical (unpaired) electrons. The molecular weight excluding hydrogens is 295 g/mol. The summed E-state index contributed by atoms with van der Waals surface area (Å²) in [5.74, 6) is 0.564. The fraction of sp³-hybridized carbons (Fsp3) is 0.333. The molecule has 1 amide bonds. The van der Waals surface area contributed by atoms with E-state index in [0.29, 0.717) is 19.5 Å². The van der Waals surface area contributed by atoms with Crippen LogP contribution in [0.3, 0.4) is 0 Å². The van der Waals surface area contributed by atoms with Gasteiger partial charge in [0.2, 0.25) is 5.91 Å². The molecule has 3 rings (SSSR count). The van der Waals surface area contributed by atoms with Crippen LogP contribution in [-0.2, 0) is 11.2 Å². The number of pyridine rings is 1. The molecule has 4 nitrogen and oxygen atoms in total. The Morgan fingerprint density at radius 3 is 2.61 bits per heavy atom. The number of nitrogens with zero attached hydrogens (tertiary/aromatic N) is 2. The Kier molecular flexibility index (Phi) is 4.86. The van der Waals surface area contributed by atoms with Gasteiger partial charge in [-0.25, -0.2) is 4.39 Å². The van der Waals surface area contributed by atoms with Gasteiger partial charge in [-0.05, 0) is 29.8 Å². The van der Waals surface area contributed by atoms with Gasteiger partial charge in [0.15, 0.2) is 0 Å². The highest BCUT2D eigenvalue weighted by Gasteiger charge is 2.23. The van der Waals surface area contributed by atoms with Crippen LogP contribution in [0.25, 0.3) is 0 Å². The molecule has 1 saturated heterocycles. The van der Waals surface area contributed by atoms with Crippen molar-refractivity contribution in [3.05, 3.63) is 60.2 Å². The monoisotopic (exact) mass is 314 g/mol. The molecule has 5 heteroatoms. The van der Waals surface area contributed by atoms with Crippen molar-refractivity contribution in [3.63, 3.8) is 0 Å². The Morgan fingerprint density at radius 2 is 1.96 bits per heavy atom. The molecule has 1 aromatic carbocycles. The zero-order valence-electron chi connectivity index (χ0n) is 12.8. The van der Waals surface area contributed by atoms with E-state index in [1.807, 2.05) is 17.0 Å². The molecule has 2 heterocycles. The predicted molar refractivity (Wildman–Crippen MR) is 84.6 cm³/mol. The highest BCUT2D eigenvalue weighted by Crippen LogP contribution is 2.18. The van der Waals surface area contributed by atoms with Crippen LogP contribution >= 0.6 is 0 Å². The molecule has 0 spiro atoms. The largest absolute Gasteiger partial charge is 0.489 e. The first-order valence-electron chi connectivity index (χ1n) is 7.79. The molecule has 120 valence electrons. The Labute approximate surface area is 134 Å². The summed E-state index contributed by atoms with van der Waals surface area (Å²) in [6, 6.07) is 9.82. The van der Waals surface area contributed by atoms with Crippen molar-refractivity contribution in [1.82, 2.24) is 9.88 Å². The molecule has 2 aromatic rings. The standard InChI is InChI=1S/C18H19FN2O2/c19-15-5-3-14(4-6-15)12-18(22)21-10-7-16(8-11-21)23-17-2-1-9-20-13-17/h1-6,9,13,16H,7-8,10-12H2. The van der Waals surface area contributed by atoms with Crippen molar-refractivity contribution in [1.29, 1.82) is 0 Å². The van der Waals surface area contributed by atoms with Gasteiger partial charge in [-0.1, -0.05) is 12.1 Å². The van der Waals surface area contributed by atoms with Gasteiger partial charge in [-0.2, -0.15) is 0 Å². The first-order chi connectivity index (χ1) is 11.2. The van der Waals surface area contributed by atoms with E-state index in [0.717, 1.165) is 24.2 Å². The summed E-state index contributed by atoms with van der Waals surface area (Å²) >= 11 is 0. The zero-order valence-corrected chi connectivity index (χ0v) is 12.8. The van der Waals surface area contributed by atoms with Crippen molar-refractivity contribution in [2.24, 2.45) is 0 Å². The number of benzene rings is 1. The van der Waals surface area contributed by atoms with Gasteiger partial charge < -0.3 is 9.64 Å². The average molecular weight is 314 g/mol. The molecule has 1 aliphatic heterocycles. The SMILES string of the molecule is O=C(Cc1ccc(F)cc1)N1CCC(Oc2cccnc2)CC1. The number of carbonyl (C=O) groups excluding carboxylic acids is 1. The zero-order chi connectivity index (χ0) is 16.1. The lowest BCUT2D eigenvalue weighted by molar-refractivity contribution is -0.132. The van der Waals surface area contributed by atoms with E-state index in [1.54, 1.807) is 24.5 Å². The number of aromatic nitrogens is 1. The number of hydrogen-bond donors (Lipinski definition) is 0. The summed E-state index contributed by atoms with van der Waals surface area (Å²) in [5.41, 5.74) is 0.838. The van der Waals surface area contributed by atoms with Crippen molar-refractivity contribution >= 4 is 5.91 Å². The third-order valence-electron chi connectivity index (χ3n) is 4.00. The molecule has 1 aromatic heterocycles. The van der Waals surface area contributed by atoms with Crippen LogP contribution in [0.2, 0.25) is 0 Å². The quantitative estimate of drug-likeness (QED) is 0.871. The van der Waals surface area contributed by atoms with E-state index in [9.17, 15) is 9.18 Å². The van der Waals surface area contributed by atoms with Gasteiger partial charge in [-0.3, -0.25) is 9.78 Å². The molecule has 0 aliphatic carbocycles. The maximum atomic E-state index is 12.9. The fourth-order valence-electron chi connectivity index (χ4n) is 2.72. The summed E-state index contributed by atoms with van der Waals surface area (Å²) in [7, 11) is 0. The molecule has 0 N–H and O–H groups in total. The smallest absolute Gasteiger partial charge is 0.226 e. The minimum atomic E-state index is -0.283. The lowest BCUT2D eigenvalue weighted by atomic mass is 10.1. The van der Waals surface area contributed by atoms with E-state index < -0.39 is 0 Å². The van der Waals surface area contributed by atoms with Crippen LogP contribution in [0.1, 0.15) is 18.4 Å². The van der Waals surface area contributed by atoms with E-state index in [1.165, 1.54) is 12.1 Å². The molecule has 0 saturated carbocycles. The van der Waals surface area contributed by atoms with Gasteiger partial charge in [0, 0.05) is 32.1 Å². The van der Waals surface area contributed by atoms with E-state index in [4.69, 9.17) is 4.74 Å². The molecule has 23 heavy (non-hydrogen) atoms. The lowest BCUT2D eigenvalue weighted by Gasteiger charge is -2.32. The average Bonchev–Trinajstić information content (AvgIpc) is 2.58. The number of hydrogen-bond acceptors (Lipinski definition) is 3. The summed E-state index contributed by atoms with van der Waals surface area (Å²) < 4.78 is 18.8. The minimum absolute atomic E-state index is 0.0800. The van der Waals surface area contributed by atoms with Crippen LogP contribution in [-0.4, -0.2) is 35.0 Å². The highest BCUT2D eigenvalue weighted by atomic mass is 19.1. The molecule has 0 atom stereocenters. The van der Waals surface area contributed by atoms with Gasteiger partial charge in [0.05, 0.1) is 12.6 Å². The third-order valence-corrected chi connectivity index (χ3v) is 4.00. The molecule has 1 aliphatic rings. The number of amides is 1. The maximum Gasteiger partial charge on any atom is 0.226 e. The third kappa shape index (κ3) is 4.28. The Bertz CT molecular complexity index is 638. The normalized spacial score (nSPS) is 15.4. The molecular formula is C18H19FN2O2. The second-order valence-electron chi connectivity index (χ2n) is 5.69. The second-order valence-corrected chi connectivity index (χ2v) is 5.69. The van der Waals surface area contributed by atoms with Crippen molar-refractivity contribution in [2.75, 3.05) is 13.1 Å². The molecule has 1 fully saturated rings. The highest BCUT2D eigenvalue weighted by molar-refractivity contribution is 5.78. The minimum Gasteiger partial charge on any atom is -0.489 e. The first-order valence-corrected chi connectivity index (χ1v) is 7.79. The van der Waals surface area contributed by atoms with Crippen molar-refractivity contribution < 1.29 is 13.9 Å². The number of ether oxygens (including phenoxy) is 1. The van der Waals surface area contributed by atoms with Gasteiger partial charge >= 0.3 is 0 Å². The van der Waals surface area contributed by atoms with E-state index >= 15 is 0 Å².